The molecule has 2 aromatic rings. The van der Waals surface area contributed by atoms with Gasteiger partial charge in [-0.05, 0) is 24.3 Å². The second kappa shape index (κ2) is 6.62. The van der Waals surface area contributed by atoms with Crippen LogP contribution in [0.15, 0.2) is 47.7 Å². The van der Waals surface area contributed by atoms with Crippen molar-refractivity contribution < 1.29 is 22.6 Å². The summed E-state index contributed by atoms with van der Waals surface area (Å²) in [7, 11) is 0. The van der Waals surface area contributed by atoms with Crippen LogP contribution in [0.1, 0.15) is 5.56 Å². The Morgan fingerprint density at radius 3 is 2.07 bits per heavy atom. The van der Waals surface area contributed by atoms with Crippen LogP contribution in [0.3, 0.4) is 0 Å². The first-order valence-electron chi connectivity index (χ1n) is 7.29. The summed E-state index contributed by atoms with van der Waals surface area (Å²) >= 11 is 0. The van der Waals surface area contributed by atoms with Crippen LogP contribution in [0.5, 0.6) is 23.0 Å². The van der Waals surface area contributed by atoms with Gasteiger partial charge in [0.25, 0.3) is 0 Å². The third kappa shape index (κ3) is 3.33. The van der Waals surface area contributed by atoms with Crippen molar-refractivity contribution in [2.24, 2.45) is 0 Å². The van der Waals surface area contributed by atoms with E-state index in [1.54, 1.807) is 24.3 Å². The lowest BCUT2D eigenvalue weighted by Gasteiger charge is -2.24. The number of nitriles is 3. The molecule has 0 spiro atoms. The van der Waals surface area contributed by atoms with Gasteiger partial charge >= 0.3 is 6.18 Å². The number of rotatable bonds is 2. The van der Waals surface area contributed by atoms with Gasteiger partial charge in [0.2, 0.25) is 0 Å². The monoisotopic (exact) mass is 368 g/mol. The fraction of sp³-hybridized carbons (Fsp3) is 0.0556. The maximum absolute atomic E-state index is 13.2. The van der Waals surface area contributed by atoms with Crippen LogP contribution >= 0.6 is 0 Å². The summed E-state index contributed by atoms with van der Waals surface area (Å²) in [5.74, 6) is 0.153. The summed E-state index contributed by atoms with van der Waals surface area (Å²) in [6.45, 7) is 0. The lowest BCUT2D eigenvalue weighted by atomic mass is 10.1. The molecule has 0 amide bonds. The van der Waals surface area contributed by atoms with Crippen molar-refractivity contribution in [3.05, 3.63) is 53.2 Å². The maximum atomic E-state index is 13.2. The zero-order valence-electron chi connectivity index (χ0n) is 13.3. The number of alkyl halides is 3. The van der Waals surface area contributed by atoms with Gasteiger partial charge in [0.15, 0.2) is 28.6 Å². The van der Waals surface area contributed by atoms with E-state index in [-0.39, 0.29) is 28.7 Å². The first kappa shape index (κ1) is 17.7. The summed E-state index contributed by atoms with van der Waals surface area (Å²) in [6.07, 6.45) is -4.70. The Labute approximate surface area is 150 Å². The van der Waals surface area contributed by atoms with Crippen LogP contribution in [-0.4, -0.2) is 0 Å². The number of fused-ring (bicyclic) bond motifs is 2. The van der Waals surface area contributed by atoms with E-state index in [1.165, 1.54) is 18.2 Å². The molecule has 0 radical (unpaired) electrons. The van der Waals surface area contributed by atoms with Gasteiger partial charge in [0.05, 0.1) is 11.3 Å². The molecule has 0 aliphatic carbocycles. The number of para-hydroxylation sites is 2. The molecule has 0 fully saturated rings. The largest absolute Gasteiger partial charge is 0.449 e. The SMILES string of the molecule is N#CC(C#N)=C(C#N)Nc1cc(C(F)(F)F)cc2c1Oc1ccccc1O2. The molecule has 0 atom stereocenters. The average molecular weight is 368 g/mol. The number of anilines is 1. The Hall–Kier alpha value is -4.16. The highest BCUT2D eigenvalue weighted by Gasteiger charge is 2.34. The first-order valence-corrected chi connectivity index (χ1v) is 7.29. The van der Waals surface area contributed by atoms with Crippen molar-refractivity contribution in [1.82, 2.24) is 0 Å². The second-order valence-electron chi connectivity index (χ2n) is 5.21. The predicted octanol–water partition coefficient (Wildman–Crippen LogP) is 4.84. The second-order valence-corrected chi connectivity index (χ2v) is 5.21. The number of allylic oxidation sites excluding steroid dienone is 2. The molecule has 1 N–H and O–H groups in total. The van der Waals surface area contributed by atoms with Crippen LogP contribution in [-0.2, 0) is 6.18 Å². The Morgan fingerprint density at radius 2 is 1.52 bits per heavy atom. The normalized spacial score (nSPS) is 11.3. The van der Waals surface area contributed by atoms with E-state index in [0.717, 1.165) is 6.07 Å². The highest BCUT2D eigenvalue weighted by atomic mass is 19.4. The number of hydrogen-bond acceptors (Lipinski definition) is 6. The lowest BCUT2D eigenvalue weighted by molar-refractivity contribution is -0.137. The predicted molar refractivity (Wildman–Crippen MR) is 85.5 cm³/mol. The smallest absolute Gasteiger partial charge is 0.416 e. The van der Waals surface area contributed by atoms with Crippen molar-refractivity contribution in [3.8, 4) is 41.2 Å². The third-order valence-electron chi connectivity index (χ3n) is 3.51. The molecule has 0 bridgehead atoms. The minimum Gasteiger partial charge on any atom is -0.449 e. The minimum atomic E-state index is -4.70. The molecule has 0 saturated heterocycles. The van der Waals surface area contributed by atoms with Crippen LogP contribution < -0.4 is 14.8 Å². The Balaban J connectivity index is 2.17. The number of halogens is 3. The van der Waals surface area contributed by atoms with E-state index in [4.69, 9.17) is 25.3 Å². The van der Waals surface area contributed by atoms with E-state index in [1.807, 2.05) is 0 Å². The summed E-state index contributed by atoms with van der Waals surface area (Å²) < 4.78 is 50.8. The van der Waals surface area contributed by atoms with Gasteiger partial charge in [-0.2, -0.15) is 29.0 Å². The molecule has 0 aromatic heterocycles. The quantitative estimate of drug-likeness (QED) is 0.650. The Kier molecular flexibility index (Phi) is 4.33. The Morgan fingerprint density at radius 1 is 0.889 bits per heavy atom. The van der Waals surface area contributed by atoms with Crippen molar-refractivity contribution in [1.29, 1.82) is 15.8 Å². The average Bonchev–Trinajstić information content (AvgIpc) is 2.65. The molecule has 1 heterocycles. The fourth-order valence-corrected chi connectivity index (χ4v) is 2.30. The van der Waals surface area contributed by atoms with E-state index >= 15 is 0 Å². The number of hydrogen-bond donors (Lipinski definition) is 1. The standard InChI is InChI=1S/C18H7F3N4O2/c19-18(20,21)11-5-12(25-13(9-24)10(7-22)8-23)17-16(6-11)26-14-3-1-2-4-15(14)27-17/h1-6,25H. The van der Waals surface area contributed by atoms with Gasteiger partial charge in [0.1, 0.15) is 23.9 Å². The van der Waals surface area contributed by atoms with E-state index in [0.29, 0.717) is 6.07 Å². The molecule has 0 saturated carbocycles. The van der Waals surface area contributed by atoms with Crippen molar-refractivity contribution in [2.45, 2.75) is 6.18 Å². The molecule has 6 nitrogen and oxygen atoms in total. The molecule has 132 valence electrons. The lowest BCUT2D eigenvalue weighted by Crippen LogP contribution is -2.10. The number of benzene rings is 2. The van der Waals surface area contributed by atoms with Crippen LogP contribution in [0.25, 0.3) is 0 Å². The van der Waals surface area contributed by atoms with Gasteiger partial charge in [-0.15, -0.1) is 0 Å². The van der Waals surface area contributed by atoms with Gasteiger partial charge in [-0.1, -0.05) is 12.1 Å². The molecule has 3 rings (SSSR count). The molecule has 0 unspecified atom stereocenters. The van der Waals surface area contributed by atoms with E-state index < -0.39 is 23.0 Å². The molecule has 1 aliphatic heterocycles. The zero-order valence-corrected chi connectivity index (χ0v) is 13.3. The minimum absolute atomic E-state index is 0.107. The molecular weight excluding hydrogens is 361 g/mol. The molecule has 1 aliphatic rings. The molecule has 9 heteroatoms. The number of ether oxygens (including phenoxy) is 2. The third-order valence-corrected chi connectivity index (χ3v) is 3.51. The highest BCUT2D eigenvalue weighted by molar-refractivity contribution is 5.73. The topological polar surface area (TPSA) is 102 Å². The molecular formula is C18H7F3N4O2. The molecule has 2 aromatic carbocycles. The fourth-order valence-electron chi connectivity index (χ4n) is 2.30. The van der Waals surface area contributed by atoms with Crippen LogP contribution in [0.2, 0.25) is 0 Å². The van der Waals surface area contributed by atoms with E-state index in [2.05, 4.69) is 5.32 Å². The van der Waals surface area contributed by atoms with Crippen molar-refractivity contribution in [3.63, 3.8) is 0 Å². The summed E-state index contributed by atoms with van der Waals surface area (Å²) in [6, 6.07) is 12.4. The van der Waals surface area contributed by atoms with Crippen LogP contribution in [0, 0.1) is 34.0 Å². The Bertz CT molecular complexity index is 1070. The zero-order chi connectivity index (χ0) is 19.6. The van der Waals surface area contributed by atoms with Gasteiger partial charge in [-0.25, -0.2) is 0 Å². The van der Waals surface area contributed by atoms with E-state index in [9.17, 15) is 13.2 Å². The summed E-state index contributed by atoms with van der Waals surface area (Å²) in [5.41, 5.74) is -2.42. The first-order chi connectivity index (χ1) is 12.9. The van der Waals surface area contributed by atoms with Gasteiger partial charge in [-0.3, -0.25) is 0 Å². The maximum Gasteiger partial charge on any atom is 0.416 e. The number of nitrogens with one attached hydrogen (secondary N) is 1. The van der Waals surface area contributed by atoms with Gasteiger partial charge < -0.3 is 14.8 Å². The molecule has 27 heavy (non-hydrogen) atoms. The summed E-state index contributed by atoms with van der Waals surface area (Å²) in [5, 5.41) is 29.3. The highest BCUT2D eigenvalue weighted by Crippen LogP contribution is 2.51. The number of nitrogens with zero attached hydrogens (tertiary/aromatic N) is 3. The van der Waals surface area contributed by atoms with Crippen LogP contribution in [0.4, 0.5) is 18.9 Å². The van der Waals surface area contributed by atoms with Crippen molar-refractivity contribution in [2.75, 3.05) is 5.32 Å². The van der Waals surface area contributed by atoms with Gasteiger partial charge in [0, 0.05) is 0 Å². The van der Waals surface area contributed by atoms with Crippen molar-refractivity contribution >= 4 is 5.69 Å². The summed E-state index contributed by atoms with van der Waals surface area (Å²) in [4.78, 5) is 0.